The molecule has 3 N–H and O–H groups in total. The zero-order valence-electron chi connectivity index (χ0n) is 9.16. The molecule has 1 aromatic carbocycles. The number of hydrogen-bond acceptors (Lipinski definition) is 3. The van der Waals surface area contributed by atoms with Gasteiger partial charge in [0, 0.05) is 13.1 Å². The highest BCUT2D eigenvalue weighted by molar-refractivity contribution is 7.80. The molecule has 0 aromatic heterocycles. The van der Waals surface area contributed by atoms with E-state index in [9.17, 15) is 9.18 Å². The topological polar surface area (TPSA) is 53.2 Å². The van der Waals surface area contributed by atoms with Crippen LogP contribution < -0.4 is 16.2 Å². The molecule has 0 aliphatic carbocycles. The molecule has 1 aromatic rings. The highest BCUT2D eigenvalue weighted by Gasteiger charge is 1.98. The van der Waals surface area contributed by atoms with E-state index in [1.54, 1.807) is 25.3 Å². The third-order valence-corrected chi connectivity index (χ3v) is 1.98. The molecule has 0 unspecified atom stereocenters. The van der Waals surface area contributed by atoms with Crippen LogP contribution in [0, 0.1) is 5.82 Å². The number of carbonyl (C=O) groups excluding carboxylic acids is 1. The van der Waals surface area contributed by atoms with E-state index in [0.717, 1.165) is 5.56 Å². The highest BCUT2D eigenvalue weighted by atomic mass is 32.1. The van der Waals surface area contributed by atoms with Gasteiger partial charge in [-0.25, -0.2) is 9.82 Å². The molecule has 1 rings (SSSR count). The van der Waals surface area contributed by atoms with Gasteiger partial charge in [0.2, 0.25) is 5.91 Å². The lowest BCUT2D eigenvalue weighted by Gasteiger charge is -2.05. The molecule has 0 radical (unpaired) electrons. The van der Waals surface area contributed by atoms with Crippen LogP contribution in [0.1, 0.15) is 5.56 Å². The van der Waals surface area contributed by atoms with Crippen LogP contribution in [-0.4, -0.2) is 18.1 Å². The first-order chi connectivity index (χ1) is 8.11. The van der Waals surface area contributed by atoms with Crippen molar-refractivity contribution in [1.82, 2.24) is 16.2 Å². The molecule has 0 aliphatic rings. The number of hydrazine groups is 1. The zero-order valence-corrected chi connectivity index (χ0v) is 9.98. The van der Waals surface area contributed by atoms with E-state index in [1.807, 2.05) is 0 Å². The summed E-state index contributed by atoms with van der Waals surface area (Å²) in [7, 11) is 1.63. The molecule has 6 heteroatoms. The predicted octanol–water partition coefficient (Wildman–Crippen LogP) is 0.964. The van der Waals surface area contributed by atoms with Gasteiger partial charge in [-0.2, -0.15) is 0 Å². The number of halogens is 1. The van der Waals surface area contributed by atoms with Crippen LogP contribution in [0.4, 0.5) is 4.39 Å². The average Bonchev–Trinajstić information content (AvgIpc) is 2.28. The second kappa shape index (κ2) is 6.72. The fraction of sp³-hybridized carbons (Fsp3) is 0.0909. The summed E-state index contributed by atoms with van der Waals surface area (Å²) in [5.74, 6) is -0.673. The van der Waals surface area contributed by atoms with Crippen LogP contribution in [0.25, 0.3) is 6.08 Å². The van der Waals surface area contributed by atoms with Gasteiger partial charge < -0.3 is 0 Å². The van der Waals surface area contributed by atoms with E-state index < -0.39 is 0 Å². The zero-order chi connectivity index (χ0) is 12.7. The van der Waals surface area contributed by atoms with Gasteiger partial charge in [-0.1, -0.05) is 12.1 Å². The SMILES string of the molecule is CNNC(=S)NC(=O)/C=C/c1ccc(F)cc1. The summed E-state index contributed by atoms with van der Waals surface area (Å²) in [6.07, 6.45) is 2.88. The molecule has 0 atom stereocenters. The van der Waals surface area contributed by atoms with Gasteiger partial charge in [-0.05, 0) is 36.0 Å². The van der Waals surface area contributed by atoms with E-state index in [0.29, 0.717) is 0 Å². The molecule has 0 bridgehead atoms. The predicted molar refractivity (Wildman–Crippen MR) is 68.4 cm³/mol. The summed E-state index contributed by atoms with van der Waals surface area (Å²) >= 11 is 4.79. The molecule has 0 heterocycles. The lowest BCUT2D eigenvalue weighted by Crippen LogP contribution is -2.44. The molecule has 1 amide bonds. The monoisotopic (exact) mass is 253 g/mol. The number of nitrogens with one attached hydrogen (secondary N) is 3. The molecular formula is C11H12FN3OS. The first-order valence-electron chi connectivity index (χ1n) is 4.83. The molecule has 17 heavy (non-hydrogen) atoms. The Morgan fingerprint density at radius 1 is 1.35 bits per heavy atom. The van der Waals surface area contributed by atoms with Crippen molar-refractivity contribution >= 4 is 29.3 Å². The Bertz CT molecular complexity index is 431. The van der Waals surface area contributed by atoms with E-state index in [4.69, 9.17) is 12.2 Å². The maximum absolute atomic E-state index is 12.6. The highest BCUT2D eigenvalue weighted by Crippen LogP contribution is 2.04. The van der Waals surface area contributed by atoms with Crippen LogP contribution >= 0.6 is 12.2 Å². The number of hydrogen-bond donors (Lipinski definition) is 3. The van der Waals surface area contributed by atoms with Crippen LogP contribution in [0.3, 0.4) is 0 Å². The standard InChI is InChI=1S/C11H12FN3OS/c1-13-15-11(17)14-10(16)7-4-8-2-5-9(12)6-3-8/h2-7,13H,1H3,(H2,14,15,16,17)/b7-4+. The third kappa shape index (κ3) is 5.19. The Balaban J connectivity index is 2.50. The quantitative estimate of drug-likeness (QED) is 0.427. The van der Waals surface area contributed by atoms with Crippen LogP contribution in [0.5, 0.6) is 0 Å². The van der Waals surface area contributed by atoms with E-state index in [1.165, 1.54) is 18.2 Å². The molecule has 90 valence electrons. The maximum atomic E-state index is 12.6. The van der Waals surface area contributed by atoms with Crippen molar-refractivity contribution in [3.8, 4) is 0 Å². The summed E-state index contributed by atoms with van der Waals surface area (Å²) in [6, 6.07) is 5.79. The van der Waals surface area contributed by atoms with Gasteiger partial charge in [0.15, 0.2) is 5.11 Å². The first-order valence-corrected chi connectivity index (χ1v) is 5.24. The van der Waals surface area contributed by atoms with Crippen molar-refractivity contribution in [2.24, 2.45) is 0 Å². The second-order valence-electron chi connectivity index (χ2n) is 3.08. The Hall–Kier alpha value is -1.79. The fourth-order valence-electron chi connectivity index (χ4n) is 1.04. The molecule has 0 spiro atoms. The van der Waals surface area contributed by atoms with Crippen molar-refractivity contribution in [3.63, 3.8) is 0 Å². The second-order valence-corrected chi connectivity index (χ2v) is 3.49. The molecular weight excluding hydrogens is 241 g/mol. The van der Waals surface area contributed by atoms with Crippen molar-refractivity contribution in [2.45, 2.75) is 0 Å². The number of amides is 1. The number of thiocarbonyl (C=S) groups is 1. The van der Waals surface area contributed by atoms with Gasteiger partial charge in [-0.3, -0.25) is 15.5 Å². The molecule has 0 saturated heterocycles. The van der Waals surface area contributed by atoms with Crippen LogP contribution in [-0.2, 0) is 4.79 Å². The number of benzene rings is 1. The molecule has 4 nitrogen and oxygen atoms in total. The lowest BCUT2D eigenvalue weighted by atomic mass is 10.2. The largest absolute Gasteiger partial charge is 0.299 e. The minimum atomic E-state index is -0.359. The molecule has 0 saturated carbocycles. The van der Waals surface area contributed by atoms with E-state index in [-0.39, 0.29) is 16.8 Å². The maximum Gasteiger partial charge on any atom is 0.250 e. The Morgan fingerprint density at radius 3 is 2.59 bits per heavy atom. The lowest BCUT2D eigenvalue weighted by molar-refractivity contribution is -0.115. The van der Waals surface area contributed by atoms with Crippen molar-refractivity contribution < 1.29 is 9.18 Å². The van der Waals surface area contributed by atoms with Crippen LogP contribution in [0.2, 0.25) is 0 Å². The average molecular weight is 253 g/mol. The third-order valence-electron chi connectivity index (χ3n) is 1.77. The van der Waals surface area contributed by atoms with Crippen molar-refractivity contribution in [3.05, 3.63) is 41.7 Å². The number of carbonyl (C=O) groups is 1. The van der Waals surface area contributed by atoms with Gasteiger partial charge in [-0.15, -0.1) is 0 Å². The fourth-order valence-corrected chi connectivity index (χ4v) is 1.25. The van der Waals surface area contributed by atoms with E-state index in [2.05, 4.69) is 16.2 Å². The normalized spacial score (nSPS) is 10.2. The summed E-state index contributed by atoms with van der Waals surface area (Å²) < 4.78 is 12.6. The van der Waals surface area contributed by atoms with E-state index >= 15 is 0 Å². The van der Waals surface area contributed by atoms with Gasteiger partial charge in [0.1, 0.15) is 5.82 Å². The summed E-state index contributed by atoms with van der Waals surface area (Å²) in [6.45, 7) is 0. The van der Waals surface area contributed by atoms with Crippen LogP contribution in [0.15, 0.2) is 30.3 Å². The summed E-state index contributed by atoms with van der Waals surface area (Å²) in [5, 5.41) is 2.60. The Kier molecular flexibility index (Phi) is 5.25. The Morgan fingerprint density at radius 2 is 2.00 bits per heavy atom. The molecule has 0 aliphatic heterocycles. The van der Waals surface area contributed by atoms with Gasteiger partial charge >= 0.3 is 0 Å². The summed E-state index contributed by atoms with van der Waals surface area (Å²) in [5.41, 5.74) is 5.86. The van der Waals surface area contributed by atoms with Gasteiger partial charge in [0.05, 0.1) is 0 Å². The van der Waals surface area contributed by atoms with Gasteiger partial charge in [0.25, 0.3) is 0 Å². The van der Waals surface area contributed by atoms with Crippen molar-refractivity contribution in [2.75, 3.05) is 7.05 Å². The first kappa shape index (κ1) is 13.3. The molecule has 0 fully saturated rings. The minimum Gasteiger partial charge on any atom is -0.299 e. The summed E-state index contributed by atoms with van der Waals surface area (Å²) in [4.78, 5) is 11.3. The Labute approximate surface area is 104 Å². The minimum absolute atomic E-state index is 0.182. The smallest absolute Gasteiger partial charge is 0.250 e. The number of rotatable bonds is 3. The van der Waals surface area contributed by atoms with Crippen molar-refractivity contribution in [1.29, 1.82) is 0 Å².